The van der Waals surface area contributed by atoms with Crippen molar-refractivity contribution in [3.63, 3.8) is 0 Å². The normalized spacial score (nSPS) is 12.5. The zero-order chi connectivity index (χ0) is 15.6. The van der Waals surface area contributed by atoms with E-state index in [-0.39, 0.29) is 0 Å². The van der Waals surface area contributed by atoms with Crippen LogP contribution in [0, 0.1) is 13.8 Å². The van der Waals surface area contributed by atoms with Crippen molar-refractivity contribution < 1.29 is 9.84 Å². The number of aromatic nitrogens is 2. The molecule has 0 bridgehead atoms. The van der Waals surface area contributed by atoms with E-state index in [4.69, 9.17) is 4.74 Å². The minimum atomic E-state index is -0.627. The average Bonchev–Trinajstić information content (AvgIpc) is 2.74. The summed E-state index contributed by atoms with van der Waals surface area (Å²) in [7, 11) is 1.62. The summed E-state index contributed by atoms with van der Waals surface area (Å²) in [6.07, 6.45) is -0.132. The van der Waals surface area contributed by atoms with Gasteiger partial charge in [-0.15, -0.1) is 0 Å². The highest BCUT2D eigenvalue weighted by molar-refractivity contribution is 9.10. The minimum absolute atomic E-state index is 0.495. The molecule has 1 aromatic heterocycles. The summed E-state index contributed by atoms with van der Waals surface area (Å²) in [5.41, 5.74) is 3.86. The molecule has 2 rings (SSSR count). The number of ether oxygens (including phenoxy) is 1. The Morgan fingerprint density at radius 1 is 1.38 bits per heavy atom. The molecule has 5 heteroatoms. The maximum atomic E-state index is 10.6. The molecule has 0 amide bonds. The molecular weight excluding hydrogens is 332 g/mol. The van der Waals surface area contributed by atoms with Crippen LogP contribution in [0.15, 0.2) is 22.7 Å². The lowest BCUT2D eigenvalue weighted by Crippen LogP contribution is -2.10. The van der Waals surface area contributed by atoms with Crippen LogP contribution in [-0.4, -0.2) is 22.0 Å². The number of aliphatic hydroxyl groups is 1. The van der Waals surface area contributed by atoms with E-state index in [9.17, 15) is 5.11 Å². The van der Waals surface area contributed by atoms with E-state index in [1.807, 2.05) is 43.7 Å². The molecule has 0 fully saturated rings. The van der Waals surface area contributed by atoms with Crippen molar-refractivity contribution in [2.24, 2.45) is 0 Å². The summed E-state index contributed by atoms with van der Waals surface area (Å²) >= 11 is 3.57. The highest BCUT2D eigenvalue weighted by atomic mass is 79.9. The van der Waals surface area contributed by atoms with Crippen molar-refractivity contribution in [2.75, 3.05) is 7.11 Å². The smallest absolute Gasteiger partial charge is 0.124 e. The summed E-state index contributed by atoms with van der Waals surface area (Å²) < 4.78 is 8.25. The molecule has 0 radical (unpaired) electrons. The van der Waals surface area contributed by atoms with Gasteiger partial charge in [0.25, 0.3) is 0 Å². The third-order valence-corrected chi connectivity index (χ3v) is 4.62. The van der Waals surface area contributed by atoms with Crippen LogP contribution in [0.1, 0.15) is 35.5 Å². The number of rotatable bonds is 5. The minimum Gasteiger partial charge on any atom is -0.496 e. The highest BCUT2D eigenvalue weighted by Crippen LogP contribution is 2.31. The third kappa shape index (κ3) is 3.30. The lowest BCUT2D eigenvalue weighted by molar-refractivity contribution is 0.171. The zero-order valence-corrected chi connectivity index (χ0v) is 14.4. The quantitative estimate of drug-likeness (QED) is 0.894. The first kappa shape index (κ1) is 16.0. The fourth-order valence-corrected chi connectivity index (χ4v) is 2.92. The van der Waals surface area contributed by atoms with Crippen LogP contribution in [0.4, 0.5) is 0 Å². The molecule has 0 aliphatic rings. The van der Waals surface area contributed by atoms with Gasteiger partial charge in [0.15, 0.2) is 0 Å². The van der Waals surface area contributed by atoms with Crippen LogP contribution in [0.5, 0.6) is 5.75 Å². The summed E-state index contributed by atoms with van der Waals surface area (Å²) in [5, 5.41) is 15.1. The Kier molecular flexibility index (Phi) is 5.06. The van der Waals surface area contributed by atoms with Crippen LogP contribution in [0.2, 0.25) is 0 Å². The van der Waals surface area contributed by atoms with Crippen molar-refractivity contribution in [3.05, 3.63) is 45.2 Å². The summed E-state index contributed by atoms with van der Waals surface area (Å²) in [6.45, 7) is 6.78. The van der Waals surface area contributed by atoms with Crippen molar-refractivity contribution in [2.45, 2.75) is 39.8 Å². The number of hydrogen-bond acceptors (Lipinski definition) is 3. The predicted octanol–water partition coefficient (Wildman–Crippen LogP) is 3.57. The van der Waals surface area contributed by atoms with Gasteiger partial charge in [-0.3, -0.25) is 4.68 Å². The van der Waals surface area contributed by atoms with Crippen LogP contribution in [0.25, 0.3) is 0 Å². The fourth-order valence-electron chi connectivity index (χ4n) is 2.47. The summed E-state index contributed by atoms with van der Waals surface area (Å²) in [5.74, 6) is 0.712. The molecule has 1 unspecified atom stereocenters. The van der Waals surface area contributed by atoms with Crippen molar-refractivity contribution in [1.82, 2.24) is 9.78 Å². The van der Waals surface area contributed by atoms with E-state index in [0.29, 0.717) is 12.2 Å². The largest absolute Gasteiger partial charge is 0.496 e. The lowest BCUT2D eigenvalue weighted by Gasteiger charge is -2.16. The van der Waals surface area contributed by atoms with Gasteiger partial charge in [-0.1, -0.05) is 11.6 Å². The molecule has 0 spiro atoms. The standard InChI is InChI=1S/C16H21BrN2O2/c1-5-19-13(16(17)11(3)18-19)9-14(20)12-8-10(2)6-7-15(12)21-4/h6-8,14,20H,5,9H2,1-4H3. The maximum Gasteiger partial charge on any atom is 0.124 e. The first-order chi connectivity index (χ1) is 9.97. The first-order valence-electron chi connectivity index (χ1n) is 7.02. The molecule has 0 aliphatic heterocycles. The van der Waals surface area contributed by atoms with Crippen LogP contribution < -0.4 is 4.74 Å². The van der Waals surface area contributed by atoms with E-state index in [1.54, 1.807) is 7.11 Å². The molecule has 1 aromatic carbocycles. The lowest BCUT2D eigenvalue weighted by atomic mass is 10.0. The van der Waals surface area contributed by atoms with Gasteiger partial charge in [0.05, 0.1) is 29.1 Å². The third-order valence-electron chi connectivity index (χ3n) is 3.58. The molecule has 1 N–H and O–H groups in total. The highest BCUT2D eigenvalue weighted by Gasteiger charge is 2.20. The molecule has 21 heavy (non-hydrogen) atoms. The molecule has 0 saturated carbocycles. The molecule has 1 heterocycles. The van der Waals surface area contributed by atoms with Gasteiger partial charge in [-0.05, 0) is 48.8 Å². The number of halogens is 1. The monoisotopic (exact) mass is 352 g/mol. The van der Waals surface area contributed by atoms with Crippen LogP contribution in [-0.2, 0) is 13.0 Å². The maximum absolute atomic E-state index is 10.6. The number of hydrogen-bond donors (Lipinski definition) is 1. The van der Waals surface area contributed by atoms with E-state index >= 15 is 0 Å². The Morgan fingerprint density at radius 2 is 2.10 bits per heavy atom. The SMILES string of the molecule is CCn1nc(C)c(Br)c1CC(O)c1cc(C)ccc1OC. The number of aryl methyl sites for hydroxylation is 3. The molecule has 0 aliphatic carbocycles. The predicted molar refractivity (Wildman–Crippen MR) is 86.7 cm³/mol. The Hall–Kier alpha value is -1.33. The Balaban J connectivity index is 2.34. The molecule has 114 valence electrons. The second-order valence-electron chi connectivity index (χ2n) is 5.13. The molecule has 1 atom stereocenters. The zero-order valence-electron chi connectivity index (χ0n) is 12.9. The van der Waals surface area contributed by atoms with Crippen molar-refractivity contribution in [3.8, 4) is 5.75 Å². The molecule has 2 aromatic rings. The molecule has 4 nitrogen and oxygen atoms in total. The molecular formula is C16H21BrN2O2. The number of nitrogens with zero attached hydrogens (tertiary/aromatic N) is 2. The van der Waals surface area contributed by atoms with E-state index in [0.717, 1.165) is 33.5 Å². The number of methoxy groups -OCH3 is 1. The van der Waals surface area contributed by atoms with E-state index in [2.05, 4.69) is 21.0 Å². The number of aliphatic hydroxyl groups excluding tert-OH is 1. The van der Waals surface area contributed by atoms with Gasteiger partial charge < -0.3 is 9.84 Å². The van der Waals surface area contributed by atoms with Gasteiger partial charge >= 0.3 is 0 Å². The van der Waals surface area contributed by atoms with Gasteiger partial charge in [-0.2, -0.15) is 5.10 Å². The van der Waals surface area contributed by atoms with Gasteiger partial charge in [0.2, 0.25) is 0 Å². The summed E-state index contributed by atoms with van der Waals surface area (Å²) in [4.78, 5) is 0. The van der Waals surface area contributed by atoms with Crippen LogP contribution >= 0.6 is 15.9 Å². The Bertz CT molecular complexity index is 637. The number of benzene rings is 1. The van der Waals surface area contributed by atoms with Crippen LogP contribution in [0.3, 0.4) is 0 Å². The van der Waals surface area contributed by atoms with Gasteiger partial charge in [-0.25, -0.2) is 0 Å². The first-order valence-corrected chi connectivity index (χ1v) is 7.81. The second kappa shape index (κ2) is 6.62. The molecule has 0 saturated heterocycles. The van der Waals surface area contributed by atoms with Gasteiger partial charge in [0.1, 0.15) is 5.75 Å². The van der Waals surface area contributed by atoms with Crippen molar-refractivity contribution in [1.29, 1.82) is 0 Å². The topological polar surface area (TPSA) is 47.3 Å². The van der Waals surface area contributed by atoms with E-state index in [1.165, 1.54) is 0 Å². The second-order valence-corrected chi connectivity index (χ2v) is 5.92. The Labute approximate surface area is 133 Å². The van der Waals surface area contributed by atoms with Gasteiger partial charge in [0, 0.05) is 18.5 Å². The fraction of sp³-hybridized carbons (Fsp3) is 0.438. The van der Waals surface area contributed by atoms with Crippen molar-refractivity contribution >= 4 is 15.9 Å². The summed E-state index contributed by atoms with van der Waals surface area (Å²) in [6, 6.07) is 5.84. The Morgan fingerprint density at radius 3 is 2.71 bits per heavy atom. The average molecular weight is 353 g/mol. The van der Waals surface area contributed by atoms with E-state index < -0.39 is 6.10 Å².